The second kappa shape index (κ2) is 8.81. The minimum Gasteiger partial charge on any atom is -0.493 e. The maximum absolute atomic E-state index is 12.9. The molecule has 0 aliphatic heterocycles. The SMILES string of the molecule is COc1ccc(-c2nc(C)c(C(=O)NC(C)Cc3c[nH]c4ccccc34)s2)cc1OC. The number of aromatic nitrogens is 2. The van der Waals surface area contributed by atoms with E-state index < -0.39 is 0 Å². The van der Waals surface area contributed by atoms with E-state index in [1.54, 1.807) is 14.2 Å². The molecule has 2 aromatic heterocycles. The number of carbonyl (C=O) groups is 1. The third-order valence-electron chi connectivity index (χ3n) is 5.21. The molecule has 2 N–H and O–H groups in total. The molecule has 2 aromatic carbocycles. The van der Waals surface area contributed by atoms with Gasteiger partial charge < -0.3 is 19.8 Å². The molecule has 0 aliphatic carbocycles. The summed E-state index contributed by atoms with van der Waals surface area (Å²) in [5.41, 5.74) is 3.90. The lowest BCUT2D eigenvalue weighted by molar-refractivity contribution is 0.0943. The van der Waals surface area contributed by atoms with Crippen LogP contribution >= 0.6 is 11.3 Å². The van der Waals surface area contributed by atoms with Crippen LogP contribution in [0.4, 0.5) is 0 Å². The maximum Gasteiger partial charge on any atom is 0.263 e. The Morgan fingerprint density at radius 3 is 2.71 bits per heavy atom. The normalized spacial score (nSPS) is 12.0. The van der Waals surface area contributed by atoms with Gasteiger partial charge in [0, 0.05) is 28.7 Å². The number of nitrogens with zero attached hydrogens (tertiary/aromatic N) is 1. The number of nitrogens with one attached hydrogen (secondary N) is 2. The van der Waals surface area contributed by atoms with Gasteiger partial charge in [-0.05, 0) is 50.1 Å². The summed E-state index contributed by atoms with van der Waals surface area (Å²) in [6.45, 7) is 3.88. The van der Waals surface area contributed by atoms with Gasteiger partial charge in [-0.1, -0.05) is 18.2 Å². The minimum atomic E-state index is -0.103. The number of ether oxygens (including phenoxy) is 2. The van der Waals surface area contributed by atoms with Crippen molar-refractivity contribution in [3.05, 3.63) is 64.8 Å². The van der Waals surface area contributed by atoms with Gasteiger partial charge in [0.25, 0.3) is 5.91 Å². The van der Waals surface area contributed by atoms with Crippen LogP contribution in [0.5, 0.6) is 11.5 Å². The largest absolute Gasteiger partial charge is 0.493 e. The number of benzene rings is 2. The van der Waals surface area contributed by atoms with E-state index in [-0.39, 0.29) is 11.9 Å². The second-order valence-corrected chi connectivity index (χ2v) is 8.44. The van der Waals surface area contributed by atoms with Gasteiger partial charge in [-0.3, -0.25) is 4.79 Å². The summed E-state index contributed by atoms with van der Waals surface area (Å²) in [6.07, 6.45) is 2.76. The number of hydrogen-bond donors (Lipinski definition) is 2. The van der Waals surface area contributed by atoms with Crippen LogP contribution in [0.2, 0.25) is 0 Å². The number of aryl methyl sites for hydroxylation is 1. The quantitative estimate of drug-likeness (QED) is 0.429. The zero-order valence-electron chi connectivity index (χ0n) is 18.0. The first-order valence-corrected chi connectivity index (χ1v) is 10.9. The van der Waals surface area contributed by atoms with Crippen LogP contribution in [0.3, 0.4) is 0 Å². The van der Waals surface area contributed by atoms with Crippen molar-refractivity contribution in [2.75, 3.05) is 14.2 Å². The number of fused-ring (bicyclic) bond motifs is 1. The maximum atomic E-state index is 12.9. The average molecular weight is 436 g/mol. The first-order valence-electron chi connectivity index (χ1n) is 10.1. The van der Waals surface area contributed by atoms with E-state index in [1.165, 1.54) is 22.3 Å². The van der Waals surface area contributed by atoms with Crippen LogP contribution in [0.25, 0.3) is 21.5 Å². The second-order valence-electron chi connectivity index (χ2n) is 7.44. The summed E-state index contributed by atoms with van der Waals surface area (Å²) >= 11 is 1.38. The fraction of sp³-hybridized carbons (Fsp3) is 0.250. The molecule has 1 atom stereocenters. The molecule has 31 heavy (non-hydrogen) atoms. The van der Waals surface area contributed by atoms with Gasteiger partial charge in [-0.25, -0.2) is 4.98 Å². The molecule has 6 nitrogen and oxygen atoms in total. The van der Waals surface area contributed by atoms with Gasteiger partial charge in [0.2, 0.25) is 0 Å². The molecule has 0 saturated carbocycles. The van der Waals surface area contributed by atoms with Gasteiger partial charge >= 0.3 is 0 Å². The predicted octanol–water partition coefficient (Wildman–Crippen LogP) is 4.98. The molecule has 0 fully saturated rings. The summed E-state index contributed by atoms with van der Waals surface area (Å²) < 4.78 is 10.7. The molecule has 0 aliphatic rings. The lowest BCUT2D eigenvalue weighted by Crippen LogP contribution is -2.33. The smallest absolute Gasteiger partial charge is 0.263 e. The number of H-pyrrole nitrogens is 1. The van der Waals surface area contributed by atoms with Crippen molar-refractivity contribution in [1.29, 1.82) is 0 Å². The van der Waals surface area contributed by atoms with Crippen LogP contribution < -0.4 is 14.8 Å². The number of thiazole rings is 1. The van der Waals surface area contributed by atoms with E-state index >= 15 is 0 Å². The Kier molecular flexibility index (Phi) is 5.95. The molecule has 4 aromatic rings. The van der Waals surface area contributed by atoms with Gasteiger partial charge in [0.05, 0.1) is 19.9 Å². The Labute approximate surface area is 185 Å². The Morgan fingerprint density at radius 1 is 1.16 bits per heavy atom. The highest BCUT2D eigenvalue weighted by atomic mass is 32.1. The van der Waals surface area contributed by atoms with Crippen molar-refractivity contribution in [1.82, 2.24) is 15.3 Å². The molecule has 7 heteroatoms. The minimum absolute atomic E-state index is 0.0160. The predicted molar refractivity (Wildman–Crippen MR) is 124 cm³/mol. The molecule has 1 unspecified atom stereocenters. The Morgan fingerprint density at radius 2 is 1.94 bits per heavy atom. The molecular formula is C24H25N3O3S. The zero-order valence-corrected chi connectivity index (χ0v) is 18.8. The van der Waals surface area contributed by atoms with Crippen molar-refractivity contribution in [3.8, 4) is 22.1 Å². The summed E-state index contributed by atoms with van der Waals surface area (Å²) in [5.74, 6) is 1.18. The molecule has 0 saturated heterocycles. The molecule has 160 valence electrons. The lowest BCUT2D eigenvalue weighted by atomic mass is 10.1. The van der Waals surface area contributed by atoms with Crippen molar-refractivity contribution in [3.63, 3.8) is 0 Å². The summed E-state index contributed by atoms with van der Waals surface area (Å²) in [5, 5.41) is 5.08. The van der Waals surface area contributed by atoms with E-state index in [0.717, 1.165) is 22.5 Å². The summed E-state index contributed by atoms with van der Waals surface area (Å²) in [4.78, 5) is 21.5. The number of amides is 1. The Hall–Kier alpha value is -3.32. The van der Waals surface area contributed by atoms with Crippen LogP contribution in [0.15, 0.2) is 48.7 Å². The van der Waals surface area contributed by atoms with E-state index in [2.05, 4.69) is 27.4 Å². The van der Waals surface area contributed by atoms with E-state index in [4.69, 9.17) is 9.47 Å². The standard InChI is InChI=1S/C24H25N3O3S/c1-14(11-17-13-25-19-8-6-5-7-18(17)19)26-23(28)22-15(2)27-24(31-22)16-9-10-20(29-3)21(12-16)30-4/h5-10,12-14,25H,11H2,1-4H3,(H,26,28). The van der Waals surface area contributed by atoms with Crippen molar-refractivity contribution in [2.24, 2.45) is 0 Å². The zero-order chi connectivity index (χ0) is 22.0. The Balaban J connectivity index is 1.50. The third-order valence-corrected chi connectivity index (χ3v) is 6.42. The molecule has 2 heterocycles. The molecular weight excluding hydrogens is 410 g/mol. The molecule has 1 amide bonds. The van der Waals surface area contributed by atoms with E-state index in [9.17, 15) is 4.79 Å². The fourth-order valence-corrected chi connectivity index (χ4v) is 4.64. The first-order chi connectivity index (χ1) is 15.0. The van der Waals surface area contributed by atoms with Gasteiger partial charge in [-0.2, -0.15) is 0 Å². The van der Waals surface area contributed by atoms with E-state index in [1.807, 2.05) is 50.4 Å². The topological polar surface area (TPSA) is 76.2 Å². The molecule has 4 rings (SSSR count). The number of carbonyl (C=O) groups excluding carboxylic acids is 1. The molecule has 0 bridgehead atoms. The van der Waals surface area contributed by atoms with Crippen LogP contribution in [0.1, 0.15) is 27.9 Å². The van der Waals surface area contributed by atoms with Crippen molar-refractivity contribution < 1.29 is 14.3 Å². The molecule has 0 spiro atoms. The first kappa shape index (κ1) is 20.9. The number of aromatic amines is 1. The monoisotopic (exact) mass is 435 g/mol. The number of para-hydroxylation sites is 1. The van der Waals surface area contributed by atoms with Gasteiger partial charge in [-0.15, -0.1) is 11.3 Å². The summed E-state index contributed by atoms with van der Waals surface area (Å²) in [6, 6.07) is 13.8. The highest BCUT2D eigenvalue weighted by Gasteiger charge is 2.19. The van der Waals surface area contributed by atoms with Crippen LogP contribution in [-0.4, -0.2) is 36.1 Å². The van der Waals surface area contributed by atoms with Crippen LogP contribution in [0, 0.1) is 6.92 Å². The fourth-order valence-electron chi connectivity index (χ4n) is 3.67. The van der Waals surface area contributed by atoms with Crippen molar-refractivity contribution in [2.45, 2.75) is 26.3 Å². The molecule has 0 radical (unpaired) electrons. The highest BCUT2D eigenvalue weighted by Crippen LogP contribution is 2.35. The highest BCUT2D eigenvalue weighted by molar-refractivity contribution is 7.17. The van der Waals surface area contributed by atoms with Crippen molar-refractivity contribution >= 4 is 28.1 Å². The Bertz CT molecular complexity index is 1230. The lowest BCUT2D eigenvalue weighted by Gasteiger charge is -2.13. The van der Waals surface area contributed by atoms with Crippen LogP contribution in [-0.2, 0) is 6.42 Å². The van der Waals surface area contributed by atoms with Gasteiger partial charge in [0.1, 0.15) is 9.88 Å². The third kappa shape index (κ3) is 4.27. The van der Waals surface area contributed by atoms with E-state index in [0.29, 0.717) is 22.1 Å². The number of hydrogen-bond acceptors (Lipinski definition) is 5. The number of methoxy groups -OCH3 is 2. The number of rotatable bonds is 7. The average Bonchev–Trinajstić information content (AvgIpc) is 3.37. The summed E-state index contributed by atoms with van der Waals surface area (Å²) in [7, 11) is 3.20. The van der Waals surface area contributed by atoms with Gasteiger partial charge in [0.15, 0.2) is 11.5 Å².